The third-order valence-electron chi connectivity index (χ3n) is 8.99. The van der Waals surface area contributed by atoms with Gasteiger partial charge >= 0.3 is 41.7 Å². The fourth-order valence-electron chi connectivity index (χ4n) is 4.02. The molecule has 0 amide bonds. The number of ether oxygens (including phenoxy) is 2. The minimum absolute atomic E-state index is 0.0325. The second-order valence-electron chi connectivity index (χ2n) is 14.4. The topological polar surface area (TPSA) is 27.7 Å². The number of hydrogen-bond donors (Lipinski definition) is 0. The van der Waals surface area contributed by atoms with Crippen LogP contribution in [0.15, 0.2) is 36.4 Å². The molecule has 0 bridgehead atoms. The summed E-state index contributed by atoms with van der Waals surface area (Å²) in [6.07, 6.45) is -6.69. The van der Waals surface area contributed by atoms with Crippen LogP contribution in [0, 0.1) is 11.8 Å². The van der Waals surface area contributed by atoms with Crippen molar-refractivity contribution in [3.63, 3.8) is 0 Å². The van der Waals surface area contributed by atoms with Gasteiger partial charge in [-0.05, 0) is 67.4 Å². The maximum absolute atomic E-state index is 14.0. The molecule has 304 valence electrons. The highest BCUT2D eigenvalue weighted by molar-refractivity contribution is 6.74. The number of alkyl halides is 15. The number of allylic oxidation sites excluding steroid dienone is 1. The van der Waals surface area contributed by atoms with Gasteiger partial charge in [-0.15, -0.1) is 0 Å². The number of hydrogen-bond acceptors (Lipinski definition) is 3. The normalized spacial score (nSPS) is 16.7. The van der Waals surface area contributed by atoms with Crippen molar-refractivity contribution in [2.75, 3.05) is 13.2 Å². The summed E-state index contributed by atoms with van der Waals surface area (Å²) >= 11 is 0. The smallest absolute Gasteiger partial charge is 0.460 e. The zero-order chi connectivity index (χ0) is 41.0. The fraction of sp³-hybridized carbons (Fsp3) is 0.758. The zero-order valence-corrected chi connectivity index (χ0v) is 30.8. The van der Waals surface area contributed by atoms with Gasteiger partial charge in [-0.2, -0.15) is 65.9 Å². The average molecular weight is 803 g/mol. The summed E-state index contributed by atoms with van der Waals surface area (Å²) in [5.41, 5.74) is 0.619. The van der Waals surface area contributed by atoms with E-state index in [9.17, 15) is 65.9 Å². The van der Waals surface area contributed by atoms with E-state index in [1.54, 1.807) is 0 Å². The predicted octanol–water partition coefficient (Wildman–Crippen LogP) is 12.4. The van der Waals surface area contributed by atoms with Gasteiger partial charge in [-0.1, -0.05) is 58.9 Å². The summed E-state index contributed by atoms with van der Waals surface area (Å²) < 4.78 is 217. The highest BCUT2D eigenvalue weighted by Gasteiger charge is 2.93. The van der Waals surface area contributed by atoms with Gasteiger partial charge in [0, 0.05) is 13.0 Å². The standard InChI is InChI=1S/C33H45F15O3Si/c1-21(19-51-52(7,8)26(4,5)6)11-9-12-22(2)23(3)50-20-24-13-15-25(16-14-24)49-18-10-17-27(34,35)28(36,37)29(38,39)30(40,41)31(42,43)32(44,45)33(46,47)48/h9,12-16,21-23H,10-11,17-20H2,1-8H3/b12-9+/t21-,22-,23+/m1/s1. The number of halogens is 15. The molecule has 1 rings (SSSR count). The molecule has 0 spiro atoms. The molecule has 0 saturated heterocycles. The third-order valence-corrected chi connectivity index (χ3v) is 13.5. The van der Waals surface area contributed by atoms with Crippen molar-refractivity contribution >= 4 is 8.32 Å². The molecule has 52 heavy (non-hydrogen) atoms. The lowest BCUT2D eigenvalue weighted by molar-refractivity contribution is -0.452. The van der Waals surface area contributed by atoms with Crippen LogP contribution in [-0.2, 0) is 15.8 Å². The van der Waals surface area contributed by atoms with Crippen LogP contribution in [0.25, 0.3) is 0 Å². The van der Waals surface area contributed by atoms with Crippen molar-refractivity contribution in [3.05, 3.63) is 42.0 Å². The van der Waals surface area contributed by atoms with Crippen molar-refractivity contribution in [1.29, 1.82) is 0 Å². The minimum atomic E-state index is -8.29. The van der Waals surface area contributed by atoms with Gasteiger partial charge in [0.05, 0.1) is 19.3 Å². The summed E-state index contributed by atoms with van der Waals surface area (Å²) in [5, 5.41) is 0.109. The Morgan fingerprint density at radius 3 is 1.65 bits per heavy atom. The summed E-state index contributed by atoms with van der Waals surface area (Å²) in [5.74, 6) is -46.2. The molecule has 0 radical (unpaired) electrons. The molecule has 19 heteroatoms. The fourth-order valence-corrected chi connectivity index (χ4v) is 5.15. The summed E-state index contributed by atoms with van der Waals surface area (Å²) in [6, 6.07) is 5.55. The molecular formula is C33H45F15O3Si. The van der Waals surface area contributed by atoms with E-state index in [1.165, 1.54) is 24.3 Å². The van der Waals surface area contributed by atoms with Crippen LogP contribution >= 0.6 is 0 Å². The molecule has 0 heterocycles. The van der Waals surface area contributed by atoms with E-state index in [0.717, 1.165) is 6.42 Å². The second-order valence-corrected chi connectivity index (χ2v) is 19.2. The Hall–Kier alpha value is -2.15. The van der Waals surface area contributed by atoms with Crippen LogP contribution < -0.4 is 4.74 Å². The van der Waals surface area contributed by atoms with Crippen LogP contribution in [-0.4, -0.2) is 69.3 Å². The zero-order valence-electron chi connectivity index (χ0n) is 29.8. The van der Waals surface area contributed by atoms with Crippen LogP contribution in [0.3, 0.4) is 0 Å². The molecule has 0 unspecified atom stereocenters. The van der Waals surface area contributed by atoms with Crippen molar-refractivity contribution in [2.24, 2.45) is 11.8 Å². The summed E-state index contributed by atoms with van der Waals surface area (Å²) in [7, 11) is -1.85. The molecule has 0 aliphatic heterocycles. The predicted molar refractivity (Wildman–Crippen MR) is 166 cm³/mol. The molecule has 0 saturated carbocycles. The first-order chi connectivity index (χ1) is 23.1. The molecule has 0 fully saturated rings. The highest BCUT2D eigenvalue weighted by Crippen LogP contribution is 2.62. The SMILES string of the molecule is C[C@H](C/C=C/[C@@H](C)[C@H](C)OCc1ccc(OCCCC(F)(F)C(F)(F)C(F)(F)C(F)(F)C(F)(F)C(F)(F)C(F)(F)F)cc1)CO[Si](C)(C)C(C)(C)C. The largest absolute Gasteiger partial charge is 0.494 e. The van der Waals surface area contributed by atoms with Gasteiger partial charge in [0.25, 0.3) is 0 Å². The third kappa shape index (κ3) is 10.5. The molecule has 3 atom stereocenters. The lowest BCUT2D eigenvalue weighted by Crippen LogP contribution is -2.72. The van der Waals surface area contributed by atoms with E-state index in [4.69, 9.17) is 13.9 Å². The molecule has 3 nitrogen and oxygen atoms in total. The van der Waals surface area contributed by atoms with Gasteiger partial charge < -0.3 is 13.9 Å². The van der Waals surface area contributed by atoms with Crippen LogP contribution in [0.5, 0.6) is 5.75 Å². The quantitative estimate of drug-likeness (QED) is 0.0569. The molecule has 0 N–H and O–H groups in total. The van der Waals surface area contributed by atoms with Crippen molar-refractivity contribution in [2.45, 2.75) is 133 Å². The van der Waals surface area contributed by atoms with Crippen molar-refractivity contribution in [1.82, 2.24) is 0 Å². The first-order valence-corrected chi connectivity index (χ1v) is 19.0. The average Bonchev–Trinajstić information content (AvgIpc) is 2.99. The molecule has 0 aliphatic rings. The van der Waals surface area contributed by atoms with Crippen LogP contribution in [0.4, 0.5) is 65.9 Å². The summed E-state index contributed by atoms with van der Waals surface area (Å²) in [4.78, 5) is 0. The Labute approximate surface area is 294 Å². The van der Waals surface area contributed by atoms with Crippen molar-refractivity contribution < 1.29 is 79.8 Å². The second kappa shape index (κ2) is 16.7. The van der Waals surface area contributed by atoms with E-state index < -0.39 is 69.5 Å². The van der Waals surface area contributed by atoms with Gasteiger partial charge in [-0.25, -0.2) is 0 Å². The van der Waals surface area contributed by atoms with Gasteiger partial charge in [-0.3, -0.25) is 0 Å². The Morgan fingerprint density at radius 2 is 1.17 bits per heavy atom. The first-order valence-electron chi connectivity index (χ1n) is 16.1. The minimum Gasteiger partial charge on any atom is -0.494 e. The Morgan fingerprint density at radius 1 is 0.692 bits per heavy atom. The Bertz CT molecular complexity index is 1290. The van der Waals surface area contributed by atoms with Crippen molar-refractivity contribution in [3.8, 4) is 5.75 Å². The molecule has 1 aromatic rings. The first kappa shape index (κ1) is 47.9. The van der Waals surface area contributed by atoms with E-state index in [0.29, 0.717) is 18.1 Å². The Kier molecular flexibility index (Phi) is 15.4. The van der Waals surface area contributed by atoms with Gasteiger partial charge in [0.1, 0.15) is 5.75 Å². The van der Waals surface area contributed by atoms with E-state index in [2.05, 4.69) is 46.9 Å². The number of benzene rings is 1. The maximum Gasteiger partial charge on any atom is 0.460 e. The lowest BCUT2D eigenvalue weighted by atomic mass is 9.90. The monoisotopic (exact) mass is 802 g/mol. The maximum atomic E-state index is 14.0. The summed E-state index contributed by atoms with van der Waals surface area (Å²) in [6.45, 7) is 16.6. The van der Waals surface area contributed by atoms with E-state index >= 15 is 0 Å². The van der Waals surface area contributed by atoms with Crippen LogP contribution in [0.2, 0.25) is 18.1 Å². The molecule has 0 aliphatic carbocycles. The lowest BCUT2D eigenvalue weighted by Gasteiger charge is -2.41. The van der Waals surface area contributed by atoms with Gasteiger partial charge in [0.2, 0.25) is 0 Å². The molecule has 0 aromatic heterocycles. The Balaban J connectivity index is 2.70. The van der Waals surface area contributed by atoms with E-state index in [1.807, 2.05) is 19.9 Å². The van der Waals surface area contributed by atoms with Gasteiger partial charge in [0.15, 0.2) is 8.32 Å². The van der Waals surface area contributed by atoms with Crippen LogP contribution in [0.1, 0.15) is 66.4 Å². The molecular weight excluding hydrogens is 757 g/mol. The van der Waals surface area contributed by atoms with E-state index in [-0.39, 0.29) is 29.4 Å². The number of rotatable bonds is 20. The molecule has 1 aromatic carbocycles. The highest BCUT2D eigenvalue weighted by atomic mass is 28.4.